The Labute approximate surface area is 122 Å². The molecule has 1 atom stereocenters. The van der Waals surface area contributed by atoms with E-state index in [1.807, 2.05) is 6.20 Å². The smallest absolute Gasteiger partial charge is 0.225 e. The molecule has 1 aromatic heterocycles. The van der Waals surface area contributed by atoms with E-state index in [0.717, 1.165) is 43.2 Å². The summed E-state index contributed by atoms with van der Waals surface area (Å²) in [6.45, 7) is 7.53. The van der Waals surface area contributed by atoms with Crippen molar-refractivity contribution in [3.05, 3.63) is 17.5 Å². The van der Waals surface area contributed by atoms with Crippen LogP contribution in [0.5, 0.6) is 0 Å². The molecule has 2 aliphatic rings. The standard InChI is InChI=1S/C16H26N4/c1-3-4-13-7-8-20(11-13)16-18-10-14(12(2)19-16)9-17-15-5-6-15/h10,13,15,17H,3-9,11H2,1-2H3. The lowest BCUT2D eigenvalue weighted by molar-refractivity contribution is 0.529. The normalized spacial score (nSPS) is 22.5. The highest BCUT2D eigenvalue weighted by Gasteiger charge is 2.24. The lowest BCUT2D eigenvalue weighted by Crippen LogP contribution is -2.23. The van der Waals surface area contributed by atoms with Gasteiger partial charge in [0.2, 0.25) is 5.95 Å². The van der Waals surface area contributed by atoms with Gasteiger partial charge >= 0.3 is 0 Å². The van der Waals surface area contributed by atoms with Crippen LogP contribution in [-0.2, 0) is 6.54 Å². The zero-order valence-electron chi connectivity index (χ0n) is 12.7. The molecule has 3 rings (SSSR count). The van der Waals surface area contributed by atoms with Crippen LogP contribution < -0.4 is 10.2 Å². The van der Waals surface area contributed by atoms with Crippen molar-refractivity contribution in [2.75, 3.05) is 18.0 Å². The molecule has 0 bridgehead atoms. The first-order chi connectivity index (χ1) is 9.76. The van der Waals surface area contributed by atoms with E-state index >= 15 is 0 Å². The first-order valence-electron chi connectivity index (χ1n) is 8.07. The van der Waals surface area contributed by atoms with Crippen LogP contribution in [0.3, 0.4) is 0 Å². The summed E-state index contributed by atoms with van der Waals surface area (Å²) < 4.78 is 0. The van der Waals surface area contributed by atoms with Gasteiger partial charge in [-0.2, -0.15) is 0 Å². The number of anilines is 1. The van der Waals surface area contributed by atoms with Crippen molar-refractivity contribution >= 4 is 5.95 Å². The molecule has 1 N–H and O–H groups in total. The van der Waals surface area contributed by atoms with E-state index in [4.69, 9.17) is 4.98 Å². The lowest BCUT2D eigenvalue weighted by Gasteiger charge is -2.17. The summed E-state index contributed by atoms with van der Waals surface area (Å²) in [6, 6.07) is 0.738. The minimum atomic E-state index is 0.738. The molecule has 110 valence electrons. The second kappa shape index (κ2) is 6.08. The van der Waals surface area contributed by atoms with Crippen molar-refractivity contribution in [3.63, 3.8) is 0 Å². The first-order valence-corrected chi connectivity index (χ1v) is 8.07. The van der Waals surface area contributed by atoms with Crippen LogP contribution in [0, 0.1) is 12.8 Å². The molecule has 1 aliphatic heterocycles. The molecule has 0 amide bonds. The third-order valence-corrected chi connectivity index (χ3v) is 4.49. The van der Waals surface area contributed by atoms with Crippen LogP contribution in [0.1, 0.15) is 50.3 Å². The topological polar surface area (TPSA) is 41.1 Å². The van der Waals surface area contributed by atoms with Crippen molar-refractivity contribution in [1.29, 1.82) is 0 Å². The molecule has 2 heterocycles. The lowest BCUT2D eigenvalue weighted by atomic mass is 10.0. The molecular formula is C16H26N4. The van der Waals surface area contributed by atoms with E-state index in [0.29, 0.717) is 0 Å². The average Bonchev–Trinajstić information content (AvgIpc) is 3.16. The SMILES string of the molecule is CCCC1CCN(c2ncc(CNC3CC3)c(C)n2)C1. The highest BCUT2D eigenvalue weighted by Crippen LogP contribution is 2.25. The number of nitrogens with one attached hydrogen (secondary N) is 1. The third kappa shape index (κ3) is 3.29. The van der Waals surface area contributed by atoms with Gasteiger partial charge in [-0.05, 0) is 38.5 Å². The van der Waals surface area contributed by atoms with Gasteiger partial charge in [0.05, 0.1) is 0 Å². The second-order valence-electron chi connectivity index (χ2n) is 6.33. The summed E-state index contributed by atoms with van der Waals surface area (Å²) in [5.74, 6) is 1.76. The fourth-order valence-corrected chi connectivity index (χ4v) is 3.01. The Bertz CT molecular complexity index is 456. The van der Waals surface area contributed by atoms with Gasteiger partial charge < -0.3 is 10.2 Å². The van der Waals surface area contributed by atoms with Gasteiger partial charge in [0.1, 0.15) is 0 Å². The fourth-order valence-electron chi connectivity index (χ4n) is 3.01. The Morgan fingerprint density at radius 1 is 1.35 bits per heavy atom. The minimum absolute atomic E-state index is 0.738. The Hall–Kier alpha value is -1.16. The quantitative estimate of drug-likeness (QED) is 0.866. The Morgan fingerprint density at radius 2 is 2.20 bits per heavy atom. The summed E-state index contributed by atoms with van der Waals surface area (Å²) >= 11 is 0. The van der Waals surface area contributed by atoms with Crippen LogP contribution in [0.15, 0.2) is 6.20 Å². The maximum Gasteiger partial charge on any atom is 0.225 e. The van der Waals surface area contributed by atoms with Gasteiger partial charge in [0.25, 0.3) is 0 Å². The second-order valence-corrected chi connectivity index (χ2v) is 6.33. The Kier molecular flexibility index (Phi) is 4.20. The summed E-state index contributed by atoms with van der Waals surface area (Å²) in [5.41, 5.74) is 2.37. The summed E-state index contributed by atoms with van der Waals surface area (Å²) in [6.07, 6.45) is 8.57. The average molecular weight is 274 g/mol. The van der Waals surface area contributed by atoms with E-state index in [1.54, 1.807) is 0 Å². The number of aryl methyl sites for hydroxylation is 1. The summed E-state index contributed by atoms with van der Waals surface area (Å²) in [4.78, 5) is 11.7. The fraction of sp³-hybridized carbons (Fsp3) is 0.750. The number of nitrogens with zero attached hydrogens (tertiary/aromatic N) is 3. The van der Waals surface area contributed by atoms with Crippen LogP contribution in [0.2, 0.25) is 0 Å². The number of aromatic nitrogens is 2. The monoisotopic (exact) mass is 274 g/mol. The largest absolute Gasteiger partial charge is 0.341 e. The van der Waals surface area contributed by atoms with Crippen molar-refractivity contribution in [3.8, 4) is 0 Å². The highest BCUT2D eigenvalue weighted by molar-refractivity contribution is 5.34. The van der Waals surface area contributed by atoms with Crippen molar-refractivity contribution in [1.82, 2.24) is 15.3 Å². The molecule has 0 aromatic carbocycles. The molecule has 2 fully saturated rings. The summed E-state index contributed by atoms with van der Waals surface area (Å²) in [7, 11) is 0. The Balaban J connectivity index is 1.61. The number of rotatable bonds is 6. The minimum Gasteiger partial charge on any atom is -0.341 e. The van der Waals surface area contributed by atoms with Crippen LogP contribution in [-0.4, -0.2) is 29.1 Å². The van der Waals surface area contributed by atoms with E-state index < -0.39 is 0 Å². The van der Waals surface area contributed by atoms with E-state index in [9.17, 15) is 0 Å². The predicted molar refractivity (Wildman–Crippen MR) is 81.9 cm³/mol. The molecule has 1 unspecified atom stereocenters. The van der Waals surface area contributed by atoms with Gasteiger partial charge in [0, 0.05) is 43.1 Å². The molecule has 1 aliphatic carbocycles. The van der Waals surface area contributed by atoms with Crippen molar-refractivity contribution < 1.29 is 0 Å². The molecule has 0 spiro atoms. The zero-order valence-corrected chi connectivity index (χ0v) is 12.7. The molecule has 4 nitrogen and oxygen atoms in total. The molecule has 1 saturated heterocycles. The molecule has 0 radical (unpaired) electrons. The maximum atomic E-state index is 4.72. The molecular weight excluding hydrogens is 248 g/mol. The first kappa shape index (κ1) is 13.8. The van der Waals surface area contributed by atoms with Gasteiger partial charge in [0.15, 0.2) is 0 Å². The van der Waals surface area contributed by atoms with Crippen molar-refractivity contribution in [2.24, 2.45) is 5.92 Å². The van der Waals surface area contributed by atoms with Crippen LogP contribution in [0.25, 0.3) is 0 Å². The predicted octanol–water partition coefficient (Wildman–Crippen LogP) is 2.66. The molecule has 1 saturated carbocycles. The van der Waals surface area contributed by atoms with Gasteiger partial charge in [-0.1, -0.05) is 13.3 Å². The third-order valence-electron chi connectivity index (χ3n) is 4.49. The van der Waals surface area contributed by atoms with Crippen LogP contribution in [0.4, 0.5) is 5.95 Å². The molecule has 20 heavy (non-hydrogen) atoms. The number of hydrogen-bond acceptors (Lipinski definition) is 4. The highest BCUT2D eigenvalue weighted by atomic mass is 15.3. The van der Waals surface area contributed by atoms with Gasteiger partial charge in [-0.15, -0.1) is 0 Å². The van der Waals surface area contributed by atoms with Gasteiger partial charge in [-0.3, -0.25) is 0 Å². The number of hydrogen-bond donors (Lipinski definition) is 1. The van der Waals surface area contributed by atoms with E-state index in [1.165, 1.54) is 37.7 Å². The molecule has 1 aromatic rings. The van der Waals surface area contributed by atoms with Crippen molar-refractivity contribution in [2.45, 2.75) is 58.5 Å². The zero-order chi connectivity index (χ0) is 13.9. The Morgan fingerprint density at radius 3 is 2.90 bits per heavy atom. The summed E-state index contributed by atoms with van der Waals surface area (Å²) in [5, 5.41) is 3.53. The maximum absolute atomic E-state index is 4.72. The van der Waals surface area contributed by atoms with Gasteiger partial charge in [-0.25, -0.2) is 9.97 Å². The van der Waals surface area contributed by atoms with E-state index in [-0.39, 0.29) is 0 Å². The molecule has 4 heteroatoms. The van der Waals surface area contributed by atoms with E-state index in [2.05, 4.69) is 29.0 Å². The van der Waals surface area contributed by atoms with Crippen LogP contribution >= 0.6 is 0 Å².